The Morgan fingerprint density at radius 2 is 2.11 bits per heavy atom. The summed E-state index contributed by atoms with van der Waals surface area (Å²) < 4.78 is 4.24. The molecular formula is C14H17BrN2S. The number of aromatic amines is 1. The predicted octanol–water partition coefficient (Wildman–Crippen LogP) is 5.21. The molecule has 4 heteroatoms. The van der Waals surface area contributed by atoms with E-state index < -0.39 is 0 Å². The molecule has 0 spiro atoms. The lowest BCUT2D eigenvalue weighted by molar-refractivity contribution is 0.365. The molecule has 2 aromatic rings. The van der Waals surface area contributed by atoms with E-state index in [1.807, 2.05) is 0 Å². The third-order valence-electron chi connectivity index (χ3n) is 4.17. The van der Waals surface area contributed by atoms with Gasteiger partial charge in [0, 0.05) is 10.5 Å². The normalized spacial score (nSPS) is 18.6. The molecule has 1 atom stereocenters. The van der Waals surface area contributed by atoms with Crippen LogP contribution in [0.2, 0.25) is 0 Å². The number of H-pyrrole nitrogens is 1. The molecule has 1 N–H and O–H groups in total. The van der Waals surface area contributed by atoms with E-state index >= 15 is 0 Å². The van der Waals surface area contributed by atoms with Crippen molar-refractivity contribution >= 4 is 39.2 Å². The van der Waals surface area contributed by atoms with Crippen molar-refractivity contribution in [3.8, 4) is 0 Å². The van der Waals surface area contributed by atoms with Gasteiger partial charge in [-0.2, -0.15) is 0 Å². The Kier molecular flexibility index (Phi) is 3.32. The van der Waals surface area contributed by atoms with Gasteiger partial charge >= 0.3 is 0 Å². The highest BCUT2D eigenvalue weighted by Crippen LogP contribution is 2.36. The van der Waals surface area contributed by atoms with Gasteiger partial charge in [-0.15, -0.1) is 0 Å². The maximum Gasteiger partial charge on any atom is 0.178 e. The number of imidazole rings is 1. The minimum Gasteiger partial charge on any atom is -0.331 e. The molecule has 1 unspecified atom stereocenters. The molecular weight excluding hydrogens is 308 g/mol. The molecule has 0 saturated heterocycles. The van der Waals surface area contributed by atoms with E-state index in [-0.39, 0.29) is 0 Å². The first-order valence-corrected chi connectivity index (χ1v) is 7.76. The highest BCUT2D eigenvalue weighted by molar-refractivity contribution is 9.10. The molecule has 18 heavy (non-hydrogen) atoms. The zero-order chi connectivity index (χ0) is 12.7. The van der Waals surface area contributed by atoms with Crippen LogP contribution >= 0.6 is 28.1 Å². The van der Waals surface area contributed by atoms with E-state index in [2.05, 4.69) is 50.6 Å². The standard InChI is InChI=1S/C14H17BrN2S/c1-9(10-4-2-3-5-10)17-13-7-6-11(15)8-12(13)16-14(17)18/h6-10H,2-5H2,1H3,(H,16,18). The quantitative estimate of drug-likeness (QED) is 0.752. The summed E-state index contributed by atoms with van der Waals surface area (Å²) in [5.74, 6) is 0.777. The number of hydrogen-bond acceptors (Lipinski definition) is 1. The minimum atomic E-state index is 0.495. The molecule has 1 saturated carbocycles. The van der Waals surface area contributed by atoms with E-state index in [9.17, 15) is 0 Å². The molecule has 1 aliphatic rings. The molecule has 1 heterocycles. The number of rotatable bonds is 2. The first kappa shape index (κ1) is 12.4. The number of aromatic nitrogens is 2. The molecule has 0 aliphatic heterocycles. The Morgan fingerprint density at radius 3 is 2.83 bits per heavy atom. The second-order valence-corrected chi connectivity index (χ2v) is 6.55. The summed E-state index contributed by atoms with van der Waals surface area (Å²) in [4.78, 5) is 3.32. The fourth-order valence-corrected chi connectivity index (χ4v) is 3.89. The van der Waals surface area contributed by atoms with Crippen molar-refractivity contribution in [3.63, 3.8) is 0 Å². The van der Waals surface area contributed by atoms with Gasteiger partial charge in [0.05, 0.1) is 11.0 Å². The summed E-state index contributed by atoms with van der Waals surface area (Å²) in [5.41, 5.74) is 2.35. The number of nitrogens with one attached hydrogen (secondary N) is 1. The van der Waals surface area contributed by atoms with Gasteiger partial charge in [-0.05, 0) is 56.1 Å². The SMILES string of the molecule is CC(C1CCCC1)n1c(=S)[nH]c2cc(Br)ccc21. The zero-order valence-corrected chi connectivity index (χ0v) is 12.9. The van der Waals surface area contributed by atoms with Gasteiger partial charge in [-0.25, -0.2) is 0 Å². The third-order valence-corrected chi connectivity index (χ3v) is 4.96. The molecule has 1 aromatic carbocycles. The average Bonchev–Trinajstić information content (AvgIpc) is 2.94. The largest absolute Gasteiger partial charge is 0.331 e. The molecule has 0 radical (unpaired) electrons. The van der Waals surface area contributed by atoms with E-state index in [1.165, 1.54) is 31.2 Å². The van der Waals surface area contributed by atoms with Crippen LogP contribution in [0.5, 0.6) is 0 Å². The average molecular weight is 325 g/mol. The molecule has 0 bridgehead atoms. The van der Waals surface area contributed by atoms with Gasteiger partial charge in [0.1, 0.15) is 0 Å². The van der Waals surface area contributed by atoms with Crippen molar-refractivity contribution in [2.45, 2.75) is 38.6 Å². The Hall–Kier alpha value is -0.610. The molecule has 0 amide bonds. The molecule has 1 fully saturated rings. The van der Waals surface area contributed by atoms with Crippen molar-refractivity contribution < 1.29 is 0 Å². The lowest BCUT2D eigenvalue weighted by Gasteiger charge is -2.21. The summed E-state index contributed by atoms with van der Waals surface area (Å²) in [6, 6.07) is 6.83. The first-order valence-electron chi connectivity index (χ1n) is 6.56. The van der Waals surface area contributed by atoms with E-state index in [1.54, 1.807) is 0 Å². The monoisotopic (exact) mass is 324 g/mol. The van der Waals surface area contributed by atoms with Crippen molar-refractivity contribution in [2.75, 3.05) is 0 Å². The fraction of sp³-hybridized carbons (Fsp3) is 0.500. The molecule has 2 nitrogen and oxygen atoms in total. The molecule has 3 rings (SSSR count). The highest BCUT2D eigenvalue weighted by atomic mass is 79.9. The van der Waals surface area contributed by atoms with E-state index in [0.717, 1.165) is 20.7 Å². The number of fused-ring (bicyclic) bond motifs is 1. The Balaban J connectivity index is 2.10. The molecule has 1 aliphatic carbocycles. The van der Waals surface area contributed by atoms with Crippen LogP contribution in [0.4, 0.5) is 0 Å². The van der Waals surface area contributed by atoms with Gasteiger partial charge in [-0.3, -0.25) is 0 Å². The fourth-order valence-electron chi connectivity index (χ4n) is 3.16. The van der Waals surface area contributed by atoms with E-state index in [4.69, 9.17) is 12.2 Å². The van der Waals surface area contributed by atoms with Crippen LogP contribution in [-0.4, -0.2) is 9.55 Å². The topological polar surface area (TPSA) is 20.7 Å². The Labute approximate surface area is 121 Å². The van der Waals surface area contributed by atoms with Crippen molar-refractivity contribution in [2.24, 2.45) is 5.92 Å². The van der Waals surface area contributed by atoms with Gasteiger partial charge < -0.3 is 9.55 Å². The van der Waals surface area contributed by atoms with Crippen LogP contribution in [-0.2, 0) is 0 Å². The van der Waals surface area contributed by atoms with Gasteiger partial charge in [0.15, 0.2) is 4.77 Å². The summed E-state index contributed by atoms with van der Waals surface area (Å²) in [6.07, 6.45) is 5.42. The lowest BCUT2D eigenvalue weighted by Crippen LogP contribution is -2.14. The van der Waals surface area contributed by atoms with Crippen LogP contribution in [0.1, 0.15) is 38.6 Å². The summed E-state index contributed by atoms with van der Waals surface area (Å²) >= 11 is 9.01. The highest BCUT2D eigenvalue weighted by Gasteiger charge is 2.24. The number of benzene rings is 1. The lowest BCUT2D eigenvalue weighted by atomic mass is 9.99. The van der Waals surface area contributed by atoms with Crippen molar-refractivity contribution in [3.05, 3.63) is 27.4 Å². The second-order valence-electron chi connectivity index (χ2n) is 5.25. The Bertz CT molecular complexity index is 622. The van der Waals surface area contributed by atoms with Crippen LogP contribution in [0.3, 0.4) is 0 Å². The second kappa shape index (κ2) is 4.82. The van der Waals surface area contributed by atoms with Crippen molar-refractivity contribution in [1.82, 2.24) is 9.55 Å². The summed E-state index contributed by atoms with van der Waals surface area (Å²) in [6.45, 7) is 2.31. The molecule has 96 valence electrons. The first-order chi connectivity index (χ1) is 8.66. The van der Waals surface area contributed by atoms with Crippen LogP contribution in [0.15, 0.2) is 22.7 Å². The van der Waals surface area contributed by atoms with Crippen molar-refractivity contribution in [1.29, 1.82) is 0 Å². The maximum absolute atomic E-state index is 5.50. The van der Waals surface area contributed by atoms with Crippen LogP contribution < -0.4 is 0 Å². The van der Waals surface area contributed by atoms with Gasteiger partial charge in [0.25, 0.3) is 0 Å². The van der Waals surface area contributed by atoms with E-state index in [0.29, 0.717) is 6.04 Å². The third kappa shape index (κ3) is 2.05. The molecule has 1 aromatic heterocycles. The van der Waals surface area contributed by atoms with Crippen LogP contribution in [0.25, 0.3) is 11.0 Å². The zero-order valence-electron chi connectivity index (χ0n) is 10.4. The maximum atomic E-state index is 5.50. The summed E-state index contributed by atoms with van der Waals surface area (Å²) in [7, 11) is 0. The van der Waals surface area contributed by atoms with Gasteiger partial charge in [-0.1, -0.05) is 28.8 Å². The number of hydrogen-bond donors (Lipinski definition) is 1. The Morgan fingerprint density at radius 1 is 1.39 bits per heavy atom. The summed E-state index contributed by atoms with van der Waals surface area (Å²) in [5, 5.41) is 0. The predicted molar refractivity (Wildman–Crippen MR) is 81.5 cm³/mol. The van der Waals surface area contributed by atoms with Crippen LogP contribution in [0, 0.1) is 10.7 Å². The number of halogens is 1. The van der Waals surface area contributed by atoms with Gasteiger partial charge in [0.2, 0.25) is 0 Å². The smallest absolute Gasteiger partial charge is 0.178 e. The minimum absolute atomic E-state index is 0.495. The number of nitrogens with zero attached hydrogens (tertiary/aromatic N) is 1.